The second kappa shape index (κ2) is 5.89. The number of thiazole rings is 1. The van der Waals surface area contributed by atoms with E-state index in [0.29, 0.717) is 10.6 Å². The summed E-state index contributed by atoms with van der Waals surface area (Å²) in [6, 6.07) is 10.3. The monoisotopic (exact) mass is 271 g/mol. The molecule has 0 aliphatic carbocycles. The van der Waals surface area contributed by atoms with Gasteiger partial charge in [-0.1, -0.05) is 23.4 Å². The lowest BCUT2D eigenvalue weighted by Gasteiger charge is -1.97. The van der Waals surface area contributed by atoms with Gasteiger partial charge in [-0.3, -0.25) is 0 Å². The minimum absolute atomic E-state index is 0.0117. The highest BCUT2D eigenvalue weighted by atomic mass is 32.1. The molecule has 0 unspecified atom stereocenters. The van der Waals surface area contributed by atoms with E-state index in [9.17, 15) is 4.79 Å². The zero-order chi connectivity index (χ0) is 13.7. The predicted molar refractivity (Wildman–Crippen MR) is 70.9 cm³/mol. The van der Waals surface area contributed by atoms with Gasteiger partial charge in [-0.15, -0.1) is 11.3 Å². The van der Waals surface area contributed by atoms with E-state index in [-0.39, 0.29) is 5.71 Å². The van der Waals surface area contributed by atoms with Crippen molar-refractivity contribution in [1.29, 1.82) is 5.26 Å². The summed E-state index contributed by atoms with van der Waals surface area (Å²) in [5, 5.41) is 14.7. The van der Waals surface area contributed by atoms with Crippen LogP contribution in [0, 0.1) is 18.3 Å². The maximum Gasteiger partial charge on any atom is 0.365 e. The van der Waals surface area contributed by atoms with Gasteiger partial charge in [-0.25, -0.2) is 9.78 Å². The smallest absolute Gasteiger partial charge is 0.311 e. The summed E-state index contributed by atoms with van der Waals surface area (Å²) in [5.41, 5.74) is 1.15. The van der Waals surface area contributed by atoms with Gasteiger partial charge in [0.2, 0.25) is 5.71 Å². The van der Waals surface area contributed by atoms with Crippen molar-refractivity contribution >= 4 is 23.0 Å². The molecule has 0 spiro atoms. The number of hydrogen-bond donors (Lipinski definition) is 0. The maximum absolute atomic E-state index is 11.6. The fourth-order valence-corrected chi connectivity index (χ4v) is 2.01. The molecule has 0 atom stereocenters. The average Bonchev–Trinajstić information content (AvgIpc) is 2.87. The van der Waals surface area contributed by atoms with Crippen molar-refractivity contribution in [2.45, 2.75) is 6.92 Å². The Morgan fingerprint density at radius 1 is 1.42 bits per heavy atom. The van der Waals surface area contributed by atoms with Gasteiger partial charge >= 0.3 is 5.97 Å². The zero-order valence-corrected chi connectivity index (χ0v) is 10.8. The number of carbonyl (C=O) groups excluding carboxylic acids is 1. The number of hydrogen-bond acceptors (Lipinski definition) is 6. The van der Waals surface area contributed by atoms with Gasteiger partial charge in [0.05, 0.1) is 5.56 Å². The minimum Gasteiger partial charge on any atom is -0.311 e. The SMILES string of the molecule is Cc1csc(C(C#N)=NOC(=O)c2ccccc2)n1. The number of rotatable bonds is 3. The predicted octanol–water partition coefficient (Wildman–Crippen LogP) is 2.54. The van der Waals surface area contributed by atoms with Crippen molar-refractivity contribution < 1.29 is 9.63 Å². The van der Waals surface area contributed by atoms with Crippen LogP contribution in [0.25, 0.3) is 0 Å². The normalized spacial score (nSPS) is 10.8. The fourth-order valence-electron chi connectivity index (χ4n) is 1.28. The maximum atomic E-state index is 11.6. The van der Waals surface area contributed by atoms with Crippen LogP contribution in [-0.2, 0) is 4.84 Å². The first-order valence-electron chi connectivity index (χ1n) is 5.37. The summed E-state index contributed by atoms with van der Waals surface area (Å²) in [6.07, 6.45) is 0. The summed E-state index contributed by atoms with van der Waals surface area (Å²) >= 11 is 1.27. The van der Waals surface area contributed by atoms with Crippen LogP contribution in [0.1, 0.15) is 21.1 Å². The topological polar surface area (TPSA) is 75.3 Å². The molecule has 0 fully saturated rings. The lowest BCUT2D eigenvalue weighted by Crippen LogP contribution is -2.04. The molecule has 1 aromatic carbocycles. The van der Waals surface area contributed by atoms with Gasteiger partial charge in [0, 0.05) is 11.1 Å². The molecule has 2 aromatic rings. The zero-order valence-electron chi connectivity index (χ0n) is 10.0. The third kappa shape index (κ3) is 3.24. The van der Waals surface area contributed by atoms with Crippen LogP contribution >= 0.6 is 11.3 Å². The second-order valence-corrected chi connectivity index (χ2v) is 4.45. The number of aromatic nitrogens is 1. The van der Waals surface area contributed by atoms with E-state index in [1.807, 2.05) is 13.0 Å². The second-order valence-electron chi connectivity index (χ2n) is 3.59. The summed E-state index contributed by atoms with van der Waals surface area (Å²) in [5.74, 6) is -0.610. The Kier molecular flexibility index (Phi) is 4.00. The molecule has 0 saturated heterocycles. The highest BCUT2D eigenvalue weighted by Crippen LogP contribution is 2.10. The lowest BCUT2D eigenvalue weighted by molar-refractivity contribution is 0.0517. The van der Waals surface area contributed by atoms with E-state index >= 15 is 0 Å². The van der Waals surface area contributed by atoms with Gasteiger partial charge in [-0.05, 0) is 19.1 Å². The van der Waals surface area contributed by atoms with Crippen molar-refractivity contribution in [2.24, 2.45) is 5.16 Å². The highest BCUT2D eigenvalue weighted by Gasteiger charge is 2.11. The van der Waals surface area contributed by atoms with Gasteiger partial charge in [0.25, 0.3) is 0 Å². The molecule has 1 aromatic heterocycles. The van der Waals surface area contributed by atoms with Gasteiger partial charge in [-0.2, -0.15) is 5.26 Å². The van der Waals surface area contributed by atoms with E-state index in [1.54, 1.807) is 35.7 Å². The Balaban J connectivity index is 2.13. The molecule has 0 N–H and O–H groups in total. The number of aryl methyl sites for hydroxylation is 1. The van der Waals surface area contributed by atoms with Crippen LogP contribution in [0.4, 0.5) is 0 Å². The van der Waals surface area contributed by atoms with Crippen molar-refractivity contribution in [3.63, 3.8) is 0 Å². The van der Waals surface area contributed by atoms with E-state index in [1.165, 1.54) is 11.3 Å². The highest BCUT2D eigenvalue weighted by molar-refractivity contribution is 7.12. The van der Waals surface area contributed by atoms with Crippen LogP contribution in [0.3, 0.4) is 0 Å². The first-order chi connectivity index (χ1) is 9.20. The van der Waals surface area contributed by atoms with E-state index in [4.69, 9.17) is 10.1 Å². The molecule has 19 heavy (non-hydrogen) atoms. The molecule has 0 radical (unpaired) electrons. The number of benzene rings is 1. The summed E-state index contributed by atoms with van der Waals surface area (Å²) < 4.78 is 0. The van der Waals surface area contributed by atoms with Crippen LogP contribution in [0.15, 0.2) is 40.9 Å². The molecular weight excluding hydrogens is 262 g/mol. The van der Waals surface area contributed by atoms with Crippen LogP contribution in [-0.4, -0.2) is 16.7 Å². The van der Waals surface area contributed by atoms with Crippen molar-refractivity contribution in [1.82, 2.24) is 4.98 Å². The first-order valence-corrected chi connectivity index (χ1v) is 6.25. The third-order valence-corrected chi connectivity index (χ3v) is 3.12. The van der Waals surface area contributed by atoms with Gasteiger partial charge < -0.3 is 4.84 Å². The standard InChI is InChI=1S/C13H9N3O2S/c1-9-8-19-12(15-9)11(7-14)16-18-13(17)10-5-3-2-4-6-10/h2-6,8H,1H3. The van der Waals surface area contributed by atoms with E-state index < -0.39 is 5.97 Å². The number of nitrogens with zero attached hydrogens (tertiary/aromatic N) is 3. The third-order valence-electron chi connectivity index (χ3n) is 2.16. The Labute approximate surface area is 113 Å². The van der Waals surface area contributed by atoms with Crippen molar-refractivity contribution in [3.8, 4) is 6.07 Å². The fraction of sp³-hybridized carbons (Fsp3) is 0.0769. The largest absolute Gasteiger partial charge is 0.365 e. The molecule has 2 rings (SSSR count). The molecule has 0 amide bonds. The van der Waals surface area contributed by atoms with Crippen molar-refractivity contribution in [3.05, 3.63) is 52.0 Å². The molecule has 0 saturated carbocycles. The van der Waals surface area contributed by atoms with E-state index in [0.717, 1.165) is 5.69 Å². The average molecular weight is 271 g/mol. The molecule has 6 heteroatoms. The van der Waals surface area contributed by atoms with Crippen LogP contribution in [0.2, 0.25) is 0 Å². The van der Waals surface area contributed by atoms with Gasteiger partial charge in [0.15, 0.2) is 5.01 Å². The Morgan fingerprint density at radius 2 is 2.16 bits per heavy atom. The van der Waals surface area contributed by atoms with Crippen LogP contribution in [0.5, 0.6) is 0 Å². The Morgan fingerprint density at radius 3 is 2.74 bits per heavy atom. The summed E-state index contributed by atoms with van der Waals surface area (Å²) in [4.78, 5) is 20.5. The molecular formula is C13H9N3O2S. The first kappa shape index (κ1) is 12.9. The number of oxime groups is 1. The number of carbonyl (C=O) groups is 1. The molecule has 0 bridgehead atoms. The van der Waals surface area contributed by atoms with Crippen LogP contribution < -0.4 is 0 Å². The summed E-state index contributed by atoms with van der Waals surface area (Å²) in [7, 11) is 0. The molecule has 0 aliphatic heterocycles. The molecule has 1 heterocycles. The quantitative estimate of drug-likeness (QED) is 0.488. The Hall–Kier alpha value is -2.52. The van der Waals surface area contributed by atoms with Crippen molar-refractivity contribution in [2.75, 3.05) is 0 Å². The van der Waals surface area contributed by atoms with E-state index in [2.05, 4.69) is 10.1 Å². The molecule has 5 nitrogen and oxygen atoms in total. The minimum atomic E-state index is -0.610. The Bertz CT molecular complexity index is 656. The lowest BCUT2D eigenvalue weighted by atomic mass is 10.2. The van der Waals surface area contributed by atoms with Gasteiger partial charge in [0.1, 0.15) is 6.07 Å². The molecule has 94 valence electrons. The number of nitriles is 1. The molecule has 0 aliphatic rings. The summed E-state index contributed by atoms with van der Waals surface area (Å²) in [6.45, 7) is 1.81.